The molecule has 0 atom stereocenters. The highest BCUT2D eigenvalue weighted by Crippen LogP contribution is 1.96. The summed E-state index contributed by atoms with van der Waals surface area (Å²) in [5, 5.41) is 5.92. The van der Waals surface area contributed by atoms with Crippen molar-refractivity contribution < 1.29 is 19.0 Å². The van der Waals surface area contributed by atoms with Crippen molar-refractivity contribution in [2.75, 3.05) is 52.7 Å². The molecule has 0 aliphatic rings. The molecule has 0 aliphatic carbocycles. The molecule has 6 heteroatoms. The van der Waals surface area contributed by atoms with Gasteiger partial charge in [-0.1, -0.05) is 43.7 Å². The number of benzene rings is 1. The molecule has 0 aliphatic heterocycles. The molecule has 6 nitrogen and oxygen atoms in total. The van der Waals surface area contributed by atoms with Crippen LogP contribution in [-0.2, 0) is 25.5 Å². The maximum Gasteiger partial charge on any atom is 0.234 e. The van der Waals surface area contributed by atoms with Gasteiger partial charge in [0.2, 0.25) is 5.91 Å². The van der Waals surface area contributed by atoms with Crippen LogP contribution in [0.15, 0.2) is 30.3 Å². The summed E-state index contributed by atoms with van der Waals surface area (Å²) in [5.41, 5.74) is 1.09. The van der Waals surface area contributed by atoms with Gasteiger partial charge in [-0.2, -0.15) is 0 Å². The summed E-state index contributed by atoms with van der Waals surface area (Å²) in [4.78, 5) is 11.7. The second-order valence-electron chi connectivity index (χ2n) is 5.63. The van der Waals surface area contributed by atoms with E-state index >= 15 is 0 Å². The van der Waals surface area contributed by atoms with Crippen LogP contribution in [0.25, 0.3) is 0 Å². The zero-order valence-electron chi connectivity index (χ0n) is 15.3. The van der Waals surface area contributed by atoms with E-state index in [4.69, 9.17) is 14.2 Å². The first-order valence-corrected chi connectivity index (χ1v) is 9.07. The summed E-state index contributed by atoms with van der Waals surface area (Å²) >= 11 is 0. The Morgan fingerprint density at radius 3 is 2.24 bits per heavy atom. The van der Waals surface area contributed by atoms with Gasteiger partial charge in [-0.3, -0.25) is 4.79 Å². The number of nitrogens with one attached hydrogen (secondary N) is 2. The van der Waals surface area contributed by atoms with E-state index in [1.165, 1.54) is 0 Å². The molecule has 0 bridgehead atoms. The third-order valence-electron chi connectivity index (χ3n) is 3.43. The van der Waals surface area contributed by atoms with Gasteiger partial charge in [0.05, 0.1) is 39.6 Å². The number of amides is 1. The fraction of sp³-hybridized carbons (Fsp3) is 0.632. The van der Waals surface area contributed by atoms with Crippen molar-refractivity contribution >= 4 is 5.91 Å². The molecule has 0 aromatic heterocycles. The van der Waals surface area contributed by atoms with Crippen LogP contribution in [0.3, 0.4) is 0 Å². The Balaban J connectivity index is 1.80. The van der Waals surface area contributed by atoms with Gasteiger partial charge < -0.3 is 24.8 Å². The molecule has 0 spiro atoms. The largest absolute Gasteiger partial charge is 0.379 e. The van der Waals surface area contributed by atoms with Crippen LogP contribution >= 0.6 is 0 Å². The van der Waals surface area contributed by atoms with Gasteiger partial charge in [0.1, 0.15) is 0 Å². The first-order chi connectivity index (χ1) is 12.3. The number of carbonyl (C=O) groups excluding carboxylic acids is 1. The van der Waals surface area contributed by atoms with Crippen LogP contribution in [0.5, 0.6) is 0 Å². The minimum atomic E-state index is -0.0183. The second-order valence-corrected chi connectivity index (χ2v) is 5.63. The molecule has 0 radical (unpaired) electrons. The number of hydrogen-bond acceptors (Lipinski definition) is 5. The van der Waals surface area contributed by atoms with Gasteiger partial charge in [0.25, 0.3) is 0 Å². The van der Waals surface area contributed by atoms with Crippen molar-refractivity contribution in [2.45, 2.75) is 26.3 Å². The first-order valence-electron chi connectivity index (χ1n) is 9.07. The van der Waals surface area contributed by atoms with E-state index in [0.717, 1.165) is 25.0 Å². The van der Waals surface area contributed by atoms with Crippen LogP contribution in [0, 0.1) is 0 Å². The highest BCUT2D eigenvalue weighted by Gasteiger charge is 2.00. The molecule has 2 N–H and O–H groups in total. The summed E-state index contributed by atoms with van der Waals surface area (Å²) < 4.78 is 16.2. The lowest BCUT2D eigenvalue weighted by Gasteiger charge is -2.08. The molecule has 0 saturated carbocycles. The van der Waals surface area contributed by atoms with E-state index in [9.17, 15) is 4.79 Å². The minimum absolute atomic E-state index is 0.0183. The van der Waals surface area contributed by atoms with Crippen molar-refractivity contribution in [1.82, 2.24) is 10.6 Å². The number of hydrogen-bond donors (Lipinski definition) is 2. The number of carbonyl (C=O) groups is 1. The Labute approximate surface area is 151 Å². The molecule has 1 rings (SSSR count). The maximum absolute atomic E-state index is 11.7. The van der Waals surface area contributed by atoms with Gasteiger partial charge >= 0.3 is 0 Å². The Morgan fingerprint density at radius 2 is 1.56 bits per heavy atom. The highest BCUT2D eigenvalue weighted by molar-refractivity contribution is 5.77. The van der Waals surface area contributed by atoms with E-state index < -0.39 is 0 Å². The third kappa shape index (κ3) is 13.5. The van der Waals surface area contributed by atoms with Crippen LogP contribution < -0.4 is 10.6 Å². The molecule has 0 unspecified atom stereocenters. The number of unbranched alkanes of at least 4 members (excludes halogenated alkanes) is 1. The number of rotatable bonds is 16. The van der Waals surface area contributed by atoms with E-state index in [1.807, 2.05) is 30.3 Å². The average Bonchev–Trinajstić information content (AvgIpc) is 2.64. The smallest absolute Gasteiger partial charge is 0.234 e. The molecule has 25 heavy (non-hydrogen) atoms. The quantitative estimate of drug-likeness (QED) is 0.444. The molecular weight excluding hydrogens is 320 g/mol. The van der Waals surface area contributed by atoms with E-state index in [1.54, 1.807) is 0 Å². The molecular formula is C19H32N2O4. The zero-order chi connectivity index (χ0) is 18.0. The van der Waals surface area contributed by atoms with E-state index in [2.05, 4.69) is 17.6 Å². The third-order valence-corrected chi connectivity index (χ3v) is 3.43. The van der Waals surface area contributed by atoms with Gasteiger partial charge in [-0.15, -0.1) is 0 Å². The van der Waals surface area contributed by atoms with Crippen molar-refractivity contribution in [1.29, 1.82) is 0 Å². The summed E-state index contributed by atoms with van der Waals surface area (Å²) in [6.07, 6.45) is 2.25. The topological polar surface area (TPSA) is 68.8 Å². The van der Waals surface area contributed by atoms with E-state index in [0.29, 0.717) is 52.7 Å². The summed E-state index contributed by atoms with van der Waals surface area (Å²) in [7, 11) is 0. The van der Waals surface area contributed by atoms with Crippen molar-refractivity contribution in [3.8, 4) is 0 Å². The minimum Gasteiger partial charge on any atom is -0.379 e. The fourth-order valence-electron chi connectivity index (χ4n) is 1.99. The van der Waals surface area contributed by atoms with Crippen molar-refractivity contribution in [2.24, 2.45) is 0 Å². The Hall–Kier alpha value is -1.47. The Bertz CT molecular complexity index is 429. The standard InChI is InChI=1S/C19H32N2O4/c1-2-3-10-23-12-14-25-15-13-24-11-9-20-17-19(22)21-16-18-7-5-4-6-8-18/h4-8,20H,2-3,9-17H2,1H3,(H,21,22). The number of ether oxygens (including phenoxy) is 3. The van der Waals surface area contributed by atoms with Crippen molar-refractivity contribution in [3.05, 3.63) is 35.9 Å². The fourth-order valence-corrected chi connectivity index (χ4v) is 1.99. The predicted molar refractivity (Wildman–Crippen MR) is 98.5 cm³/mol. The normalized spacial score (nSPS) is 10.8. The SMILES string of the molecule is CCCCOCCOCCOCCNCC(=O)NCc1ccccc1. The lowest BCUT2D eigenvalue weighted by atomic mass is 10.2. The van der Waals surface area contributed by atoms with Crippen LogP contribution in [0.2, 0.25) is 0 Å². The summed E-state index contributed by atoms with van der Waals surface area (Å²) in [5.74, 6) is -0.0183. The lowest BCUT2D eigenvalue weighted by molar-refractivity contribution is -0.120. The monoisotopic (exact) mass is 352 g/mol. The summed E-state index contributed by atoms with van der Waals surface area (Å²) in [6.45, 7) is 7.35. The Morgan fingerprint density at radius 1 is 0.920 bits per heavy atom. The van der Waals surface area contributed by atoms with Gasteiger partial charge in [-0.25, -0.2) is 0 Å². The maximum atomic E-state index is 11.7. The van der Waals surface area contributed by atoms with Gasteiger partial charge in [0.15, 0.2) is 0 Å². The van der Waals surface area contributed by atoms with Crippen LogP contribution in [0.1, 0.15) is 25.3 Å². The van der Waals surface area contributed by atoms with Gasteiger partial charge in [0, 0.05) is 19.7 Å². The van der Waals surface area contributed by atoms with Crippen LogP contribution in [0.4, 0.5) is 0 Å². The van der Waals surface area contributed by atoms with Crippen LogP contribution in [-0.4, -0.2) is 58.6 Å². The average molecular weight is 352 g/mol. The second kappa shape index (κ2) is 16.0. The molecule has 142 valence electrons. The molecule has 1 aromatic carbocycles. The molecule has 1 aromatic rings. The molecule has 0 saturated heterocycles. The lowest BCUT2D eigenvalue weighted by Crippen LogP contribution is -2.35. The van der Waals surface area contributed by atoms with Crippen molar-refractivity contribution in [3.63, 3.8) is 0 Å². The predicted octanol–water partition coefficient (Wildman–Crippen LogP) is 1.74. The molecule has 0 heterocycles. The first kappa shape index (κ1) is 21.6. The molecule has 1 amide bonds. The van der Waals surface area contributed by atoms with E-state index in [-0.39, 0.29) is 5.91 Å². The summed E-state index contributed by atoms with van der Waals surface area (Å²) in [6, 6.07) is 9.85. The zero-order valence-corrected chi connectivity index (χ0v) is 15.3. The van der Waals surface area contributed by atoms with Gasteiger partial charge in [-0.05, 0) is 12.0 Å². The highest BCUT2D eigenvalue weighted by atomic mass is 16.5. The molecule has 0 fully saturated rings. The Kier molecular flexibility index (Phi) is 13.8.